The summed E-state index contributed by atoms with van der Waals surface area (Å²) in [6.45, 7) is 2.89. The largest absolute Gasteiger partial charge is 0.369 e. The van der Waals surface area contributed by atoms with Crippen LogP contribution in [-0.2, 0) is 10.2 Å². The lowest BCUT2D eigenvalue weighted by Gasteiger charge is -2.22. The van der Waals surface area contributed by atoms with Gasteiger partial charge in [0.1, 0.15) is 0 Å². The molecule has 5 heteroatoms. The third-order valence-electron chi connectivity index (χ3n) is 2.28. The maximum atomic E-state index is 13.4. The van der Waals surface area contributed by atoms with Crippen LogP contribution in [0.4, 0.5) is 8.78 Å². The van der Waals surface area contributed by atoms with Gasteiger partial charge in [0.05, 0.1) is 5.41 Å². The van der Waals surface area contributed by atoms with Crippen molar-refractivity contribution in [2.75, 3.05) is 0 Å². The minimum atomic E-state index is -1.24. The standard InChI is InChI=1S/C10H10BrF2NO/c1-10(2,9(14)15)6-3-5(11)4-7(12)8(6)13/h3-4H,1-2H3,(H2,14,15). The first kappa shape index (κ1) is 12.1. The summed E-state index contributed by atoms with van der Waals surface area (Å²) in [4.78, 5) is 11.1. The second-order valence-electron chi connectivity index (χ2n) is 3.74. The van der Waals surface area contributed by atoms with E-state index in [0.29, 0.717) is 4.47 Å². The van der Waals surface area contributed by atoms with Crippen LogP contribution >= 0.6 is 15.9 Å². The molecule has 0 spiro atoms. The number of hydrogen-bond donors (Lipinski definition) is 1. The zero-order valence-electron chi connectivity index (χ0n) is 8.27. The number of carbonyl (C=O) groups excluding carboxylic acids is 1. The van der Waals surface area contributed by atoms with Gasteiger partial charge in [-0.3, -0.25) is 4.79 Å². The van der Waals surface area contributed by atoms with E-state index >= 15 is 0 Å². The Morgan fingerprint density at radius 3 is 2.40 bits per heavy atom. The maximum Gasteiger partial charge on any atom is 0.227 e. The average Bonchev–Trinajstić information content (AvgIpc) is 2.10. The molecule has 0 bridgehead atoms. The summed E-state index contributed by atoms with van der Waals surface area (Å²) < 4.78 is 26.9. The molecule has 15 heavy (non-hydrogen) atoms. The number of amides is 1. The third kappa shape index (κ3) is 2.17. The van der Waals surface area contributed by atoms with Gasteiger partial charge in [-0.1, -0.05) is 15.9 Å². The number of benzene rings is 1. The van der Waals surface area contributed by atoms with Crippen molar-refractivity contribution in [3.63, 3.8) is 0 Å². The number of rotatable bonds is 2. The Kier molecular flexibility index (Phi) is 3.13. The van der Waals surface area contributed by atoms with Crippen LogP contribution in [0.3, 0.4) is 0 Å². The van der Waals surface area contributed by atoms with Crippen molar-refractivity contribution >= 4 is 21.8 Å². The lowest BCUT2D eigenvalue weighted by Crippen LogP contribution is -2.36. The molecule has 1 rings (SSSR count). The monoisotopic (exact) mass is 277 g/mol. The van der Waals surface area contributed by atoms with Gasteiger partial charge < -0.3 is 5.73 Å². The minimum absolute atomic E-state index is 0.0538. The van der Waals surface area contributed by atoms with E-state index in [4.69, 9.17) is 5.73 Å². The second-order valence-corrected chi connectivity index (χ2v) is 4.65. The fraction of sp³-hybridized carbons (Fsp3) is 0.300. The molecule has 0 unspecified atom stereocenters. The Morgan fingerprint density at radius 1 is 1.40 bits per heavy atom. The van der Waals surface area contributed by atoms with Crippen molar-refractivity contribution in [2.24, 2.45) is 5.73 Å². The van der Waals surface area contributed by atoms with Crippen molar-refractivity contribution in [1.29, 1.82) is 0 Å². The van der Waals surface area contributed by atoms with E-state index in [0.717, 1.165) is 6.07 Å². The van der Waals surface area contributed by atoms with Crippen molar-refractivity contribution in [2.45, 2.75) is 19.3 Å². The maximum absolute atomic E-state index is 13.4. The number of carbonyl (C=O) groups is 1. The zero-order chi connectivity index (χ0) is 11.8. The summed E-state index contributed by atoms with van der Waals surface area (Å²) in [6, 6.07) is 2.35. The number of hydrogen-bond acceptors (Lipinski definition) is 1. The molecule has 0 atom stereocenters. The van der Waals surface area contributed by atoms with Gasteiger partial charge in [0, 0.05) is 10.0 Å². The topological polar surface area (TPSA) is 43.1 Å². The quantitative estimate of drug-likeness (QED) is 0.830. The van der Waals surface area contributed by atoms with Crippen LogP contribution in [-0.4, -0.2) is 5.91 Å². The van der Waals surface area contributed by atoms with E-state index in [1.165, 1.54) is 19.9 Å². The van der Waals surface area contributed by atoms with Gasteiger partial charge in [0.25, 0.3) is 0 Å². The van der Waals surface area contributed by atoms with Crippen molar-refractivity contribution in [3.8, 4) is 0 Å². The van der Waals surface area contributed by atoms with Crippen molar-refractivity contribution < 1.29 is 13.6 Å². The Bertz CT molecular complexity index is 418. The van der Waals surface area contributed by atoms with Gasteiger partial charge >= 0.3 is 0 Å². The fourth-order valence-corrected chi connectivity index (χ4v) is 1.57. The molecule has 0 fully saturated rings. The molecule has 2 N–H and O–H groups in total. The first-order valence-corrected chi connectivity index (χ1v) is 5.01. The molecule has 0 aromatic heterocycles. The summed E-state index contributed by atoms with van der Waals surface area (Å²) in [5.74, 6) is -2.76. The fourth-order valence-electron chi connectivity index (χ4n) is 1.14. The van der Waals surface area contributed by atoms with Crippen LogP contribution in [0.5, 0.6) is 0 Å². The van der Waals surface area contributed by atoms with Crippen LogP contribution in [0.25, 0.3) is 0 Å². The SMILES string of the molecule is CC(C)(C(N)=O)c1cc(Br)cc(F)c1F. The predicted molar refractivity (Wildman–Crippen MR) is 56.3 cm³/mol. The van der Waals surface area contributed by atoms with Gasteiger partial charge in [-0.05, 0) is 26.0 Å². The van der Waals surface area contributed by atoms with Gasteiger partial charge in [-0.25, -0.2) is 8.78 Å². The molecule has 0 aliphatic heterocycles. The van der Waals surface area contributed by atoms with Gasteiger partial charge in [-0.2, -0.15) is 0 Å². The highest BCUT2D eigenvalue weighted by Crippen LogP contribution is 2.29. The number of nitrogens with two attached hydrogens (primary N) is 1. The summed E-state index contributed by atoms with van der Waals surface area (Å²) in [6.07, 6.45) is 0. The molecule has 0 saturated carbocycles. The van der Waals surface area contributed by atoms with E-state index in [2.05, 4.69) is 15.9 Å². The second kappa shape index (κ2) is 3.89. The smallest absolute Gasteiger partial charge is 0.227 e. The van der Waals surface area contributed by atoms with Gasteiger partial charge in [-0.15, -0.1) is 0 Å². The lowest BCUT2D eigenvalue weighted by atomic mass is 9.83. The number of halogens is 3. The third-order valence-corrected chi connectivity index (χ3v) is 2.74. The first-order chi connectivity index (χ1) is 6.76. The molecule has 0 aliphatic carbocycles. The van der Waals surface area contributed by atoms with Crippen molar-refractivity contribution in [1.82, 2.24) is 0 Å². The lowest BCUT2D eigenvalue weighted by molar-refractivity contribution is -0.122. The Labute approximate surface area is 94.6 Å². The predicted octanol–water partition coefficient (Wildman–Crippen LogP) is 2.49. The molecule has 1 aromatic carbocycles. The molecular weight excluding hydrogens is 268 g/mol. The zero-order valence-corrected chi connectivity index (χ0v) is 9.86. The van der Waals surface area contributed by atoms with E-state index in [-0.39, 0.29) is 5.56 Å². The van der Waals surface area contributed by atoms with Crippen LogP contribution in [0, 0.1) is 11.6 Å². The van der Waals surface area contributed by atoms with Crippen LogP contribution < -0.4 is 5.73 Å². The molecule has 2 nitrogen and oxygen atoms in total. The Hall–Kier alpha value is -0.970. The van der Waals surface area contributed by atoms with E-state index in [1.54, 1.807) is 0 Å². The van der Waals surface area contributed by atoms with E-state index in [9.17, 15) is 13.6 Å². The molecular formula is C10H10BrF2NO. The highest BCUT2D eigenvalue weighted by molar-refractivity contribution is 9.10. The molecule has 0 radical (unpaired) electrons. The molecule has 0 aliphatic rings. The van der Waals surface area contributed by atoms with Crippen LogP contribution in [0.2, 0.25) is 0 Å². The molecule has 82 valence electrons. The molecule has 1 amide bonds. The Balaban J connectivity index is 3.43. The minimum Gasteiger partial charge on any atom is -0.369 e. The van der Waals surface area contributed by atoms with E-state index < -0.39 is 23.0 Å². The normalized spacial score (nSPS) is 11.5. The average molecular weight is 278 g/mol. The van der Waals surface area contributed by atoms with Crippen LogP contribution in [0.15, 0.2) is 16.6 Å². The van der Waals surface area contributed by atoms with Gasteiger partial charge in [0.2, 0.25) is 5.91 Å². The first-order valence-electron chi connectivity index (χ1n) is 4.21. The van der Waals surface area contributed by atoms with Gasteiger partial charge in [0.15, 0.2) is 11.6 Å². The molecule has 0 heterocycles. The molecule has 0 saturated heterocycles. The summed E-state index contributed by atoms with van der Waals surface area (Å²) in [7, 11) is 0. The van der Waals surface area contributed by atoms with E-state index in [1.807, 2.05) is 0 Å². The summed E-state index contributed by atoms with van der Waals surface area (Å²) in [5.41, 5.74) is 3.83. The summed E-state index contributed by atoms with van der Waals surface area (Å²) in [5, 5.41) is 0. The van der Waals surface area contributed by atoms with Crippen molar-refractivity contribution in [3.05, 3.63) is 33.8 Å². The summed E-state index contributed by atoms with van der Waals surface area (Å²) >= 11 is 3.03. The Morgan fingerprint density at radius 2 is 1.93 bits per heavy atom. The van der Waals surface area contributed by atoms with Crippen LogP contribution in [0.1, 0.15) is 19.4 Å². The number of primary amides is 1. The molecule has 1 aromatic rings. The highest BCUT2D eigenvalue weighted by Gasteiger charge is 2.31. The highest BCUT2D eigenvalue weighted by atomic mass is 79.9.